The van der Waals surface area contributed by atoms with Crippen LogP contribution in [-0.2, 0) is 21.3 Å². The number of benzene rings is 1. The first-order chi connectivity index (χ1) is 11.0. The third-order valence-electron chi connectivity index (χ3n) is 3.50. The maximum Gasteiger partial charge on any atom is 0.229 e. The third-order valence-corrected chi connectivity index (χ3v) is 4.94. The number of sulfonamides is 1. The zero-order valence-corrected chi connectivity index (χ0v) is 14.5. The Morgan fingerprint density at radius 2 is 1.96 bits per heavy atom. The van der Waals surface area contributed by atoms with Crippen molar-refractivity contribution in [2.75, 3.05) is 37.3 Å². The SMILES string of the molecule is CS(=O)(=O)Nc1ccc(-c2csc(CN3CCOCC3)n2)cc1. The van der Waals surface area contributed by atoms with E-state index in [1.54, 1.807) is 23.5 Å². The van der Waals surface area contributed by atoms with Crippen LogP contribution in [0.1, 0.15) is 5.01 Å². The average molecular weight is 353 g/mol. The molecule has 0 unspecified atom stereocenters. The van der Waals surface area contributed by atoms with Crippen molar-refractivity contribution in [3.05, 3.63) is 34.7 Å². The number of hydrogen-bond acceptors (Lipinski definition) is 6. The molecule has 0 atom stereocenters. The van der Waals surface area contributed by atoms with Gasteiger partial charge in [0.15, 0.2) is 0 Å². The first kappa shape index (κ1) is 16.4. The first-order valence-electron chi connectivity index (χ1n) is 7.32. The Bertz CT molecular complexity index is 751. The summed E-state index contributed by atoms with van der Waals surface area (Å²) in [5.74, 6) is 0. The molecule has 1 aromatic carbocycles. The van der Waals surface area contributed by atoms with Crippen LogP contribution >= 0.6 is 11.3 Å². The van der Waals surface area contributed by atoms with Crippen molar-refractivity contribution >= 4 is 27.0 Å². The third kappa shape index (κ3) is 4.74. The standard InChI is InChI=1S/C15H19N3O3S2/c1-23(19,20)17-13-4-2-12(3-5-13)14-11-22-15(16-14)10-18-6-8-21-9-7-18/h2-5,11,17H,6-10H2,1H3. The summed E-state index contributed by atoms with van der Waals surface area (Å²) in [6.07, 6.45) is 1.14. The van der Waals surface area contributed by atoms with Crippen LogP contribution < -0.4 is 4.72 Å². The van der Waals surface area contributed by atoms with Gasteiger partial charge in [0.25, 0.3) is 0 Å². The van der Waals surface area contributed by atoms with Gasteiger partial charge in [0.05, 0.1) is 31.7 Å². The van der Waals surface area contributed by atoms with E-state index in [2.05, 4.69) is 14.6 Å². The van der Waals surface area contributed by atoms with E-state index in [4.69, 9.17) is 4.74 Å². The molecule has 0 radical (unpaired) electrons. The van der Waals surface area contributed by atoms with Crippen molar-refractivity contribution in [2.24, 2.45) is 0 Å². The molecule has 124 valence electrons. The molecule has 0 saturated carbocycles. The molecule has 0 spiro atoms. The van der Waals surface area contributed by atoms with Crippen molar-refractivity contribution in [1.29, 1.82) is 0 Å². The summed E-state index contributed by atoms with van der Waals surface area (Å²) in [6.45, 7) is 4.31. The molecular formula is C15H19N3O3S2. The molecular weight excluding hydrogens is 334 g/mol. The average Bonchev–Trinajstić information content (AvgIpc) is 2.96. The molecule has 6 nitrogen and oxygen atoms in total. The summed E-state index contributed by atoms with van der Waals surface area (Å²) >= 11 is 1.65. The van der Waals surface area contributed by atoms with E-state index >= 15 is 0 Å². The van der Waals surface area contributed by atoms with E-state index in [0.717, 1.165) is 55.4 Å². The van der Waals surface area contributed by atoms with Crippen LogP contribution in [0.15, 0.2) is 29.6 Å². The molecule has 1 aliphatic rings. The molecule has 1 saturated heterocycles. The van der Waals surface area contributed by atoms with E-state index in [1.165, 1.54) is 0 Å². The Balaban J connectivity index is 1.67. The molecule has 1 aliphatic heterocycles. The van der Waals surface area contributed by atoms with Gasteiger partial charge in [0.1, 0.15) is 5.01 Å². The summed E-state index contributed by atoms with van der Waals surface area (Å²) in [5, 5.41) is 3.12. The number of nitrogens with zero attached hydrogens (tertiary/aromatic N) is 2. The molecule has 8 heteroatoms. The normalized spacial score (nSPS) is 16.4. The summed E-state index contributed by atoms with van der Waals surface area (Å²) in [6, 6.07) is 7.25. The van der Waals surface area contributed by atoms with Gasteiger partial charge in [-0.25, -0.2) is 13.4 Å². The predicted molar refractivity (Wildman–Crippen MR) is 92.1 cm³/mol. The molecule has 0 amide bonds. The van der Waals surface area contributed by atoms with E-state index in [1.807, 2.05) is 17.5 Å². The fraction of sp³-hybridized carbons (Fsp3) is 0.400. The second-order valence-electron chi connectivity index (χ2n) is 5.47. The molecule has 2 heterocycles. The van der Waals surface area contributed by atoms with Gasteiger partial charge < -0.3 is 4.74 Å². The minimum Gasteiger partial charge on any atom is -0.379 e. The predicted octanol–water partition coefficient (Wildman–Crippen LogP) is 2.01. The highest BCUT2D eigenvalue weighted by molar-refractivity contribution is 7.92. The monoisotopic (exact) mass is 353 g/mol. The summed E-state index contributed by atoms with van der Waals surface area (Å²) in [7, 11) is -3.25. The van der Waals surface area contributed by atoms with Crippen molar-refractivity contribution in [2.45, 2.75) is 6.54 Å². The van der Waals surface area contributed by atoms with Crippen molar-refractivity contribution in [1.82, 2.24) is 9.88 Å². The van der Waals surface area contributed by atoms with Gasteiger partial charge in [-0.2, -0.15) is 0 Å². The van der Waals surface area contributed by atoms with Crippen LogP contribution in [0.4, 0.5) is 5.69 Å². The number of thiazole rings is 1. The molecule has 23 heavy (non-hydrogen) atoms. The van der Waals surface area contributed by atoms with Crippen molar-refractivity contribution < 1.29 is 13.2 Å². The minimum absolute atomic E-state index is 0.556. The van der Waals surface area contributed by atoms with Crippen molar-refractivity contribution in [3.63, 3.8) is 0 Å². The lowest BCUT2D eigenvalue weighted by Crippen LogP contribution is -2.35. The van der Waals surface area contributed by atoms with Crippen LogP contribution in [0.3, 0.4) is 0 Å². The molecule has 2 aromatic rings. The molecule has 1 aromatic heterocycles. The topological polar surface area (TPSA) is 71.5 Å². The highest BCUT2D eigenvalue weighted by Crippen LogP contribution is 2.24. The fourth-order valence-electron chi connectivity index (χ4n) is 2.39. The van der Waals surface area contributed by atoms with E-state index in [-0.39, 0.29) is 0 Å². The van der Waals surface area contributed by atoms with E-state index < -0.39 is 10.0 Å². The summed E-state index contributed by atoms with van der Waals surface area (Å²) in [4.78, 5) is 7.01. The van der Waals surface area contributed by atoms with Crippen LogP contribution in [0.5, 0.6) is 0 Å². The number of morpholine rings is 1. The Labute approximate surface area is 140 Å². The largest absolute Gasteiger partial charge is 0.379 e. The maximum atomic E-state index is 11.2. The zero-order valence-electron chi connectivity index (χ0n) is 12.9. The van der Waals surface area contributed by atoms with E-state index in [9.17, 15) is 8.42 Å². The van der Waals surface area contributed by atoms with Crippen LogP contribution in [0, 0.1) is 0 Å². The highest BCUT2D eigenvalue weighted by Gasteiger charge is 2.13. The van der Waals surface area contributed by atoms with Gasteiger partial charge in [-0.05, 0) is 12.1 Å². The Morgan fingerprint density at radius 1 is 1.26 bits per heavy atom. The molecule has 3 rings (SSSR count). The van der Waals surface area contributed by atoms with Gasteiger partial charge in [0.2, 0.25) is 10.0 Å². The summed E-state index contributed by atoms with van der Waals surface area (Å²) < 4.78 is 30.2. The Kier molecular flexibility index (Phi) is 4.96. The van der Waals surface area contributed by atoms with E-state index in [0.29, 0.717) is 5.69 Å². The van der Waals surface area contributed by atoms with Gasteiger partial charge in [-0.3, -0.25) is 9.62 Å². The first-order valence-corrected chi connectivity index (χ1v) is 10.1. The van der Waals surface area contributed by atoms with Crippen molar-refractivity contribution in [3.8, 4) is 11.3 Å². The van der Waals surface area contributed by atoms with Gasteiger partial charge in [-0.15, -0.1) is 11.3 Å². The molecule has 1 fully saturated rings. The van der Waals surface area contributed by atoms with Gasteiger partial charge in [-0.1, -0.05) is 12.1 Å². The smallest absolute Gasteiger partial charge is 0.229 e. The zero-order chi connectivity index (χ0) is 16.3. The van der Waals surface area contributed by atoms with Crippen LogP contribution in [-0.4, -0.2) is 50.9 Å². The Morgan fingerprint density at radius 3 is 2.61 bits per heavy atom. The lowest BCUT2D eigenvalue weighted by molar-refractivity contribution is 0.0342. The molecule has 0 bridgehead atoms. The van der Waals surface area contributed by atoms with Gasteiger partial charge in [0, 0.05) is 29.7 Å². The van der Waals surface area contributed by atoms with Crippen LogP contribution in [0.2, 0.25) is 0 Å². The summed E-state index contributed by atoms with van der Waals surface area (Å²) in [5.41, 5.74) is 2.46. The number of ether oxygens (including phenoxy) is 1. The Hall–Kier alpha value is -1.48. The molecule has 0 aliphatic carbocycles. The number of nitrogens with one attached hydrogen (secondary N) is 1. The highest BCUT2D eigenvalue weighted by atomic mass is 32.2. The number of hydrogen-bond donors (Lipinski definition) is 1. The molecule has 1 N–H and O–H groups in total. The van der Waals surface area contributed by atoms with Gasteiger partial charge >= 0.3 is 0 Å². The number of anilines is 1. The second kappa shape index (κ2) is 6.96. The second-order valence-corrected chi connectivity index (χ2v) is 8.16. The lowest BCUT2D eigenvalue weighted by Gasteiger charge is -2.25. The fourth-order valence-corrected chi connectivity index (χ4v) is 3.80. The maximum absolute atomic E-state index is 11.2. The number of aromatic nitrogens is 1. The minimum atomic E-state index is -3.25. The quantitative estimate of drug-likeness (QED) is 0.890. The van der Waals surface area contributed by atoms with Crippen LogP contribution in [0.25, 0.3) is 11.3 Å². The lowest BCUT2D eigenvalue weighted by atomic mass is 10.1. The number of rotatable bonds is 5.